The molecule has 156 valence electrons. The highest BCUT2D eigenvalue weighted by molar-refractivity contribution is 7.19. The summed E-state index contributed by atoms with van der Waals surface area (Å²) in [6.45, 7) is 0.565. The summed E-state index contributed by atoms with van der Waals surface area (Å²) in [6.07, 6.45) is -4.11. The van der Waals surface area contributed by atoms with E-state index in [-0.39, 0.29) is 19.1 Å². The minimum Gasteiger partial charge on any atom is -0.440 e. The SMILES string of the molecule is NC(OC(=O)C(F)(F)F)C1CCN(C(=O)Nc2ncc(-c3ccccc3)s2)CC1. The Bertz CT molecular complexity index is 852. The van der Waals surface area contributed by atoms with Crippen molar-refractivity contribution in [2.45, 2.75) is 25.2 Å². The maximum Gasteiger partial charge on any atom is 0.490 e. The van der Waals surface area contributed by atoms with Crippen molar-refractivity contribution in [1.29, 1.82) is 0 Å². The Morgan fingerprint density at radius 1 is 1.24 bits per heavy atom. The monoisotopic (exact) mass is 428 g/mol. The summed E-state index contributed by atoms with van der Waals surface area (Å²) >= 11 is 1.34. The average Bonchev–Trinajstić information content (AvgIpc) is 3.16. The summed E-state index contributed by atoms with van der Waals surface area (Å²) in [4.78, 5) is 29.9. The average molecular weight is 428 g/mol. The fourth-order valence-electron chi connectivity index (χ4n) is 2.96. The standard InChI is InChI=1S/C18H19F3N4O3S/c19-18(20,21)15(26)28-14(22)12-6-8-25(9-7-12)17(27)24-16-23-10-13(29-16)11-4-2-1-3-5-11/h1-5,10,12,14H,6-9,22H2,(H,23,24,27). The number of alkyl halides is 3. The van der Waals surface area contributed by atoms with Gasteiger partial charge >= 0.3 is 18.2 Å². The van der Waals surface area contributed by atoms with Crippen LogP contribution < -0.4 is 11.1 Å². The first-order chi connectivity index (χ1) is 13.7. The number of rotatable bonds is 4. The molecule has 1 aromatic heterocycles. The largest absolute Gasteiger partial charge is 0.490 e. The van der Waals surface area contributed by atoms with Gasteiger partial charge in [0.2, 0.25) is 0 Å². The molecular formula is C18H19F3N4O3S. The maximum absolute atomic E-state index is 12.4. The molecule has 1 fully saturated rings. The van der Waals surface area contributed by atoms with Crippen LogP contribution in [0.2, 0.25) is 0 Å². The molecular weight excluding hydrogens is 409 g/mol. The van der Waals surface area contributed by atoms with Crippen molar-refractivity contribution < 1.29 is 27.5 Å². The number of nitrogens with one attached hydrogen (secondary N) is 1. The molecule has 1 atom stereocenters. The molecule has 1 aliphatic rings. The van der Waals surface area contributed by atoms with Crippen molar-refractivity contribution in [2.75, 3.05) is 18.4 Å². The van der Waals surface area contributed by atoms with E-state index in [2.05, 4.69) is 15.0 Å². The molecule has 0 aliphatic carbocycles. The molecule has 1 aliphatic heterocycles. The van der Waals surface area contributed by atoms with Crippen LogP contribution in [0.25, 0.3) is 10.4 Å². The fourth-order valence-corrected chi connectivity index (χ4v) is 3.77. The normalized spacial score (nSPS) is 16.3. The molecule has 3 N–H and O–H groups in total. The zero-order chi connectivity index (χ0) is 21.0. The number of anilines is 1. The van der Waals surface area contributed by atoms with Gasteiger partial charge in [-0.3, -0.25) is 11.1 Å². The molecule has 11 heteroatoms. The van der Waals surface area contributed by atoms with Crippen LogP contribution in [-0.2, 0) is 9.53 Å². The van der Waals surface area contributed by atoms with Crippen LogP contribution in [0.3, 0.4) is 0 Å². The third-order valence-corrected chi connectivity index (χ3v) is 5.51. The van der Waals surface area contributed by atoms with Crippen LogP contribution in [0, 0.1) is 5.92 Å². The highest BCUT2D eigenvalue weighted by Gasteiger charge is 2.43. The summed E-state index contributed by atoms with van der Waals surface area (Å²) in [7, 11) is 0. The van der Waals surface area contributed by atoms with Crippen molar-refractivity contribution in [2.24, 2.45) is 11.7 Å². The van der Waals surface area contributed by atoms with E-state index in [9.17, 15) is 22.8 Å². The number of hydrogen-bond donors (Lipinski definition) is 2. The first kappa shape index (κ1) is 21.1. The lowest BCUT2D eigenvalue weighted by atomic mass is 9.95. The number of nitrogens with two attached hydrogens (primary N) is 1. The number of piperidine rings is 1. The van der Waals surface area contributed by atoms with E-state index in [0.717, 1.165) is 10.4 Å². The Balaban J connectivity index is 1.49. The summed E-state index contributed by atoms with van der Waals surface area (Å²) < 4.78 is 41.1. The van der Waals surface area contributed by atoms with E-state index in [1.807, 2.05) is 30.3 Å². The Hall–Kier alpha value is -2.66. The summed E-state index contributed by atoms with van der Waals surface area (Å²) in [5.41, 5.74) is 6.57. The lowest BCUT2D eigenvalue weighted by Crippen LogP contribution is -2.47. The predicted octanol–water partition coefficient (Wildman–Crippen LogP) is 3.44. The van der Waals surface area contributed by atoms with Crippen LogP contribution >= 0.6 is 11.3 Å². The molecule has 0 radical (unpaired) electrons. The van der Waals surface area contributed by atoms with Gasteiger partial charge < -0.3 is 9.64 Å². The number of carbonyl (C=O) groups is 2. The molecule has 0 bridgehead atoms. The van der Waals surface area contributed by atoms with Crippen LogP contribution in [0.1, 0.15) is 12.8 Å². The third-order valence-electron chi connectivity index (χ3n) is 4.54. The zero-order valence-electron chi connectivity index (χ0n) is 15.2. The lowest BCUT2D eigenvalue weighted by Gasteiger charge is -2.34. The summed E-state index contributed by atoms with van der Waals surface area (Å²) in [5, 5.41) is 3.18. The Morgan fingerprint density at radius 2 is 1.90 bits per heavy atom. The molecule has 2 heterocycles. The third kappa shape index (κ3) is 5.45. The van der Waals surface area contributed by atoms with Gasteiger partial charge in [0.25, 0.3) is 0 Å². The quantitative estimate of drug-likeness (QED) is 0.574. The Kier molecular flexibility index (Phi) is 6.38. The highest BCUT2D eigenvalue weighted by atomic mass is 32.1. The van der Waals surface area contributed by atoms with E-state index < -0.39 is 24.3 Å². The number of aromatic nitrogens is 1. The maximum atomic E-state index is 12.4. The number of hydrogen-bond acceptors (Lipinski definition) is 6. The van der Waals surface area contributed by atoms with Crippen molar-refractivity contribution >= 4 is 28.5 Å². The van der Waals surface area contributed by atoms with E-state index in [1.54, 1.807) is 6.20 Å². The Morgan fingerprint density at radius 3 is 2.52 bits per heavy atom. The van der Waals surface area contributed by atoms with Crippen molar-refractivity contribution in [3.63, 3.8) is 0 Å². The number of thiazole rings is 1. The van der Waals surface area contributed by atoms with Gasteiger partial charge in [0.15, 0.2) is 11.4 Å². The molecule has 7 nitrogen and oxygen atoms in total. The van der Waals surface area contributed by atoms with Crippen LogP contribution in [0.5, 0.6) is 0 Å². The van der Waals surface area contributed by atoms with E-state index >= 15 is 0 Å². The molecule has 2 amide bonds. The van der Waals surface area contributed by atoms with Gasteiger partial charge in [-0.2, -0.15) is 13.2 Å². The molecule has 3 rings (SSSR count). The van der Waals surface area contributed by atoms with E-state index in [4.69, 9.17) is 5.73 Å². The van der Waals surface area contributed by atoms with Crippen LogP contribution in [-0.4, -0.2) is 47.4 Å². The first-order valence-electron chi connectivity index (χ1n) is 8.84. The van der Waals surface area contributed by atoms with Gasteiger partial charge in [-0.25, -0.2) is 14.6 Å². The number of esters is 1. The summed E-state index contributed by atoms with van der Waals surface area (Å²) in [5.74, 6) is -2.75. The minimum absolute atomic E-state index is 0.282. The van der Waals surface area contributed by atoms with Gasteiger partial charge in [0.05, 0.1) is 4.88 Å². The van der Waals surface area contributed by atoms with Gasteiger partial charge in [-0.1, -0.05) is 41.7 Å². The van der Waals surface area contributed by atoms with Gasteiger partial charge in [0.1, 0.15) is 0 Å². The number of ether oxygens (including phenoxy) is 1. The zero-order valence-corrected chi connectivity index (χ0v) is 16.0. The Labute approximate surface area is 168 Å². The second-order valence-corrected chi connectivity index (χ2v) is 7.55. The number of urea groups is 1. The van der Waals surface area contributed by atoms with Crippen LogP contribution in [0.4, 0.5) is 23.1 Å². The van der Waals surface area contributed by atoms with Gasteiger partial charge in [-0.05, 0) is 18.4 Å². The number of benzene rings is 1. The minimum atomic E-state index is -5.08. The van der Waals surface area contributed by atoms with Crippen LogP contribution in [0.15, 0.2) is 36.5 Å². The van der Waals surface area contributed by atoms with E-state index in [1.165, 1.54) is 16.2 Å². The molecule has 0 saturated carbocycles. The predicted molar refractivity (Wildman–Crippen MR) is 101 cm³/mol. The molecule has 2 aromatic rings. The molecule has 29 heavy (non-hydrogen) atoms. The van der Waals surface area contributed by atoms with Crippen molar-refractivity contribution in [3.8, 4) is 10.4 Å². The molecule has 1 saturated heterocycles. The summed E-state index contributed by atoms with van der Waals surface area (Å²) in [6, 6.07) is 9.27. The highest BCUT2D eigenvalue weighted by Crippen LogP contribution is 2.29. The number of nitrogens with zero attached hydrogens (tertiary/aromatic N) is 2. The lowest BCUT2D eigenvalue weighted by molar-refractivity contribution is -0.207. The molecule has 1 aromatic carbocycles. The molecule has 0 spiro atoms. The van der Waals surface area contributed by atoms with Crippen molar-refractivity contribution in [1.82, 2.24) is 9.88 Å². The van der Waals surface area contributed by atoms with E-state index in [0.29, 0.717) is 18.0 Å². The van der Waals surface area contributed by atoms with Crippen molar-refractivity contribution in [3.05, 3.63) is 36.5 Å². The number of amides is 2. The van der Waals surface area contributed by atoms with Gasteiger partial charge in [-0.15, -0.1) is 0 Å². The smallest absolute Gasteiger partial charge is 0.440 e. The second-order valence-electron chi connectivity index (χ2n) is 6.52. The second kappa shape index (κ2) is 8.78. The fraction of sp³-hybridized carbons (Fsp3) is 0.389. The topological polar surface area (TPSA) is 97.5 Å². The number of halogens is 3. The van der Waals surface area contributed by atoms with Gasteiger partial charge in [0, 0.05) is 25.2 Å². The number of likely N-dealkylation sites (tertiary alicyclic amines) is 1. The number of carbonyl (C=O) groups excluding carboxylic acids is 2. The molecule has 1 unspecified atom stereocenters. The first-order valence-corrected chi connectivity index (χ1v) is 9.66.